The first-order chi connectivity index (χ1) is 9.56. The van der Waals surface area contributed by atoms with Gasteiger partial charge in [-0.05, 0) is 43.0 Å². The molecule has 2 unspecified atom stereocenters. The SMILES string of the molecule is CC(C)CC(NC(=O)C1CCNC1)c1ccc(Cl)cc1. The second kappa shape index (κ2) is 7.09. The van der Waals surface area contributed by atoms with Crippen LogP contribution in [0, 0.1) is 11.8 Å². The van der Waals surface area contributed by atoms with Gasteiger partial charge in [0.1, 0.15) is 0 Å². The maximum atomic E-state index is 12.3. The lowest BCUT2D eigenvalue weighted by atomic mass is 9.96. The zero-order chi connectivity index (χ0) is 14.5. The van der Waals surface area contributed by atoms with E-state index >= 15 is 0 Å². The van der Waals surface area contributed by atoms with E-state index in [9.17, 15) is 4.79 Å². The van der Waals surface area contributed by atoms with Gasteiger partial charge in [-0.15, -0.1) is 0 Å². The van der Waals surface area contributed by atoms with Gasteiger partial charge in [-0.1, -0.05) is 37.6 Å². The average molecular weight is 295 g/mol. The fourth-order valence-electron chi connectivity index (χ4n) is 2.61. The topological polar surface area (TPSA) is 41.1 Å². The number of amides is 1. The lowest BCUT2D eigenvalue weighted by Crippen LogP contribution is -2.35. The van der Waals surface area contributed by atoms with Crippen LogP contribution in [0.2, 0.25) is 5.02 Å². The Labute approximate surface area is 126 Å². The molecule has 1 aliphatic heterocycles. The van der Waals surface area contributed by atoms with Crippen molar-refractivity contribution in [1.82, 2.24) is 10.6 Å². The third kappa shape index (κ3) is 4.22. The normalized spacial score (nSPS) is 20.1. The van der Waals surface area contributed by atoms with Crippen LogP contribution in [-0.4, -0.2) is 19.0 Å². The van der Waals surface area contributed by atoms with Crippen LogP contribution in [-0.2, 0) is 4.79 Å². The molecule has 2 N–H and O–H groups in total. The van der Waals surface area contributed by atoms with Crippen LogP contribution >= 0.6 is 11.6 Å². The highest BCUT2D eigenvalue weighted by atomic mass is 35.5. The number of hydrogen-bond donors (Lipinski definition) is 2. The summed E-state index contributed by atoms with van der Waals surface area (Å²) in [5.41, 5.74) is 1.13. The van der Waals surface area contributed by atoms with Crippen LogP contribution in [0.3, 0.4) is 0 Å². The van der Waals surface area contributed by atoms with Crippen LogP contribution in [0.1, 0.15) is 38.3 Å². The summed E-state index contributed by atoms with van der Waals surface area (Å²) in [4.78, 5) is 12.3. The Hall–Kier alpha value is -1.06. The summed E-state index contributed by atoms with van der Waals surface area (Å²) >= 11 is 5.94. The van der Waals surface area contributed by atoms with Gasteiger partial charge in [0.15, 0.2) is 0 Å². The van der Waals surface area contributed by atoms with Crippen LogP contribution < -0.4 is 10.6 Å². The maximum absolute atomic E-state index is 12.3. The molecule has 1 aromatic carbocycles. The molecule has 2 atom stereocenters. The molecule has 0 aromatic heterocycles. The molecule has 1 saturated heterocycles. The fourth-order valence-corrected chi connectivity index (χ4v) is 2.74. The van der Waals surface area contributed by atoms with Crippen molar-refractivity contribution in [3.63, 3.8) is 0 Å². The summed E-state index contributed by atoms with van der Waals surface area (Å²) in [5.74, 6) is 0.797. The minimum absolute atomic E-state index is 0.0698. The Morgan fingerprint density at radius 1 is 1.40 bits per heavy atom. The maximum Gasteiger partial charge on any atom is 0.224 e. The number of benzene rings is 1. The molecular formula is C16H23ClN2O. The van der Waals surface area contributed by atoms with Crippen molar-refractivity contribution in [3.05, 3.63) is 34.9 Å². The standard InChI is InChI=1S/C16H23ClN2O/c1-11(2)9-15(12-3-5-14(17)6-4-12)19-16(20)13-7-8-18-10-13/h3-6,11,13,15,18H,7-10H2,1-2H3,(H,19,20). The van der Waals surface area contributed by atoms with E-state index in [-0.39, 0.29) is 17.9 Å². The van der Waals surface area contributed by atoms with Crippen molar-refractivity contribution in [2.45, 2.75) is 32.7 Å². The van der Waals surface area contributed by atoms with Crippen LogP contribution in [0.4, 0.5) is 0 Å². The van der Waals surface area contributed by atoms with Gasteiger partial charge in [-0.25, -0.2) is 0 Å². The van der Waals surface area contributed by atoms with Crippen molar-refractivity contribution >= 4 is 17.5 Å². The summed E-state index contributed by atoms with van der Waals surface area (Å²) in [6.45, 7) is 6.08. The molecule has 0 saturated carbocycles. The number of carbonyl (C=O) groups is 1. The largest absolute Gasteiger partial charge is 0.349 e. The van der Waals surface area contributed by atoms with Crippen LogP contribution in [0.15, 0.2) is 24.3 Å². The summed E-state index contributed by atoms with van der Waals surface area (Å²) in [5, 5.41) is 7.17. The van der Waals surface area contributed by atoms with E-state index in [1.807, 2.05) is 24.3 Å². The molecular weight excluding hydrogens is 272 g/mol. The van der Waals surface area contributed by atoms with Gasteiger partial charge in [0.05, 0.1) is 12.0 Å². The molecule has 1 aromatic rings. The van der Waals surface area contributed by atoms with E-state index in [2.05, 4.69) is 24.5 Å². The molecule has 1 amide bonds. The molecule has 4 heteroatoms. The summed E-state index contributed by atoms with van der Waals surface area (Å²) in [6.07, 6.45) is 1.87. The summed E-state index contributed by atoms with van der Waals surface area (Å²) in [6, 6.07) is 7.84. The minimum atomic E-state index is 0.0698. The highest BCUT2D eigenvalue weighted by molar-refractivity contribution is 6.30. The number of rotatable bonds is 5. The Morgan fingerprint density at radius 2 is 2.10 bits per heavy atom. The zero-order valence-corrected chi connectivity index (χ0v) is 12.9. The summed E-state index contributed by atoms with van der Waals surface area (Å²) < 4.78 is 0. The first-order valence-electron chi connectivity index (χ1n) is 7.33. The molecule has 1 fully saturated rings. The highest BCUT2D eigenvalue weighted by Crippen LogP contribution is 2.24. The van der Waals surface area contributed by atoms with E-state index in [0.717, 1.165) is 36.5 Å². The van der Waals surface area contributed by atoms with Crippen molar-refractivity contribution in [2.24, 2.45) is 11.8 Å². The molecule has 2 rings (SSSR count). The third-order valence-electron chi connectivity index (χ3n) is 3.73. The molecule has 0 spiro atoms. The highest BCUT2D eigenvalue weighted by Gasteiger charge is 2.25. The number of carbonyl (C=O) groups excluding carboxylic acids is 1. The number of nitrogens with one attached hydrogen (secondary N) is 2. The Balaban J connectivity index is 2.06. The zero-order valence-electron chi connectivity index (χ0n) is 12.2. The van der Waals surface area contributed by atoms with E-state index < -0.39 is 0 Å². The fraction of sp³-hybridized carbons (Fsp3) is 0.562. The molecule has 0 bridgehead atoms. The van der Waals surface area contributed by atoms with Gasteiger partial charge in [-0.2, -0.15) is 0 Å². The molecule has 1 aliphatic rings. The Bertz CT molecular complexity index is 438. The lowest BCUT2D eigenvalue weighted by Gasteiger charge is -2.23. The van der Waals surface area contributed by atoms with Gasteiger partial charge in [0.25, 0.3) is 0 Å². The summed E-state index contributed by atoms with van der Waals surface area (Å²) in [7, 11) is 0. The third-order valence-corrected chi connectivity index (χ3v) is 3.98. The predicted octanol–water partition coefficient (Wildman–Crippen LogP) is 3.15. The van der Waals surface area contributed by atoms with Crippen molar-refractivity contribution in [1.29, 1.82) is 0 Å². The van der Waals surface area contributed by atoms with Crippen LogP contribution in [0.5, 0.6) is 0 Å². The van der Waals surface area contributed by atoms with Gasteiger partial charge in [0, 0.05) is 11.6 Å². The Morgan fingerprint density at radius 3 is 2.65 bits per heavy atom. The van der Waals surface area contributed by atoms with Crippen molar-refractivity contribution < 1.29 is 4.79 Å². The molecule has 20 heavy (non-hydrogen) atoms. The smallest absolute Gasteiger partial charge is 0.224 e. The second-order valence-electron chi connectivity index (χ2n) is 5.93. The van der Waals surface area contributed by atoms with Crippen LogP contribution in [0.25, 0.3) is 0 Å². The van der Waals surface area contributed by atoms with E-state index in [1.54, 1.807) is 0 Å². The molecule has 110 valence electrons. The van der Waals surface area contributed by atoms with Crippen molar-refractivity contribution in [2.75, 3.05) is 13.1 Å². The molecule has 0 aliphatic carbocycles. The van der Waals surface area contributed by atoms with Gasteiger partial charge >= 0.3 is 0 Å². The lowest BCUT2D eigenvalue weighted by molar-refractivity contribution is -0.125. The van der Waals surface area contributed by atoms with E-state index in [0.29, 0.717) is 5.92 Å². The first kappa shape index (κ1) is 15.3. The quantitative estimate of drug-likeness (QED) is 0.876. The minimum Gasteiger partial charge on any atom is -0.349 e. The molecule has 3 nitrogen and oxygen atoms in total. The Kier molecular flexibility index (Phi) is 5.44. The number of halogens is 1. The van der Waals surface area contributed by atoms with E-state index in [4.69, 9.17) is 11.6 Å². The predicted molar refractivity (Wildman–Crippen MR) is 82.8 cm³/mol. The number of hydrogen-bond acceptors (Lipinski definition) is 2. The second-order valence-corrected chi connectivity index (χ2v) is 6.37. The average Bonchev–Trinajstić information content (AvgIpc) is 2.92. The van der Waals surface area contributed by atoms with Gasteiger partial charge in [0.2, 0.25) is 5.91 Å². The monoisotopic (exact) mass is 294 g/mol. The first-order valence-corrected chi connectivity index (χ1v) is 7.70. The van der Waals surface area contributed by atoms with Gasteiger partial charge < -0.3 is 10.6 Å². The molecule has 0 radical (unpaired) electrons. The van der Waals surface area contributed by atoms with Gasteiger partial charge in [-0.3, -0.25) is 4.79 Å². The van der Waals surface area contributed by atoms with E-state index in [1.165, 1.54) is 0 Å². The molecule has 1 heterocycles. The van der Waals surface area contributed by atoms with Crippen molar-refractivity contribution in [3.8, 4) is 0 Å².